The molecule has 3 nitrogen and oxygen atoms in total. The molecule has 78 valence electrons. The second-order valence-corrected chi connectivity index (χ2v) is 4.23. The molecule has 2 unspecified atom stereocenters. The molecule has 4 heteroatoms. The Kier molecular flexibility index (Phi) is 3.89. The van der Waals surface area contributed by atoms with Crippen LogP contribution in [0.5, 0.6) is 0 Å². The number of halogens is 1. The van der Waals surface area contributed by atoms with Gasteiger partial charge in [0.1, 0.15) is 0 Å². The Hall–Kier alpha value is -0.610. The normalized spacial score (nSPS) is 25.9. The predicted octanol–water partition coefficient (Wildman–Crippen LogP) is 2.11. The van der Waals surface area contributed by atoms with Gasteiger partial charge in [-0.15, -0.1) is 0 Å². The fraction of sp³-hybridized carbons (Fsp3) is 0.500. The van der Waals surface area contributed by atoms with Crippen molar-refractivity contribution >= 4 is 21.8 Å². The van der Waals surface area contributed by atoms with Crippen molar-refractivity contribution in [3.05, 3.63) is 22.7 Å². The van der Waals surface area contributed by atoms with Crippen molar-refractivity contribution in [2.75, 3.05) is 14.2 Å². The number of hydrogen-bond donors (Lipinski definition) is 0. The Labute approximate surface area is 92.5 Å². The quantitative estimate of drug-likeness (QED) is 0.711. The number of nitrogens with zero attached hydrogens (tertiary/aromatic N) is 1. The summed E-state index contributed by atoms with van der Waals surface area (Å²) in [6.07, 6.45) is 5.81. The number of amides is 1. The van der Waals surface area contributed by atoms with E-state index in [1.54, 1.807) is 7.05 Å². The number of carbonyl (C=O) groups is 1. The van der Waals surface area contributed by atoms with Crippen LogP contribution >= 0.6 is 15.9 Å². The third-order valence-electron chi connectivity index (χ3n) is 2.32. The fourth-order valence-corrected chi connectivity index (χ4v) is 1.96. The first-order chi connectivity index (χ1) is 6.56. The lowest BCUT2D eigenvalue weighted by Gasteiger charge is -2.24. The minimum Gasteiger partial charge on any atom is -0.275 e. The molecule has 0 saturated carbocycles. The van der Waals surface area contributed by atoms with Crippen LogP contribution in [0.3, 0.4) is 0 Å². The Balaban J connectivity index is 2.72. The molecule has 0 aromatic carbocycles. The van der Waals surface area contributed by atoms with Crippen molar-refractivity contribution in [2.45, 2.75) is 6.92 Å². The van der Waals surface area contributed by atoms with Crippen LogP contribution in [0.1, 0.15) is 6.92 Å². The zero-order valence-corrected chi connectivity index (χ0v) is 10.1. The van der Waals surface area contributed by atoms with Gasteiger partial charge in [0.25, 0.3) is 5.91 Å². The summed E-state index contributed by atoms with van der Waals surface area (Å²) in [7, 11) is 3.11. The van der Waals surface area contributed by atoms with Crippen molar-refractivity contribution in [3.8, 4) is 0 Å². The van der Waals surface area contributed by atoms with Crippen LogP contribution in [0, 0.1) is 11.8 Å². The van der Waals surface area contributed by atoms with E-state index in [2.05, 4.69) is 15.9 Å². The number of carbonyl (C=O) groups excluding carboxylic acids is 1. The highest BCUT2D eigenvalue weighted by Crippen LogP contribution is 2.26. The first-order valence-corrected chi connectivity index (χ1v) is 5.22. The molecule has 0 heterocycles. The average Bonchev–Trinajstić information content (AvgIpc) is 2.15. The van der Waals surface area contributed by atoms with E-state index in [-0.39, 0.29) is 17.7 Å². The van der Waals surface area contributed by atoms with Crippen molar-refractivity contribution in [1.82, 2.24) is 5.06 Å². The molecule has 1 rings (SSSR count). The molecule has 1 aliphatic rings. The predicted molar refractivity (Wildman–Crippen MR) is 58.6 cm³/mol. The van der Waals surface area contributed by atoms with E-state index in [9.17, 15) is 4.79 Å². The van der Waals surface area contributed by atoms with Crippen LogP contribution in [0.15, 0.2) is 22.7 Å². The van der Waals surface area contributed by atoms with E-state index in [0.29, 0.717) is 0 Å². The van der Waals surface area contributed by atoms with E-state index < -0.39 is 0 Å². The van der Waals surface area contributed by atoms with Gasteiger partial charge in [-0.2, -0.15) is 0 Å². The molecule has 1 aliphatic carbocycles. The van der Waals surface area contributed by atoms with Crippen LogP contribution in [0.4, 0.5) is 0 Å². The van der Waals surface area contributed by atoms with Gasteiger partial charge in [0.05, 0.1) is 13.0 Å². The maximum Gasteiger partial charge on any atom is 0.253 e. The summed E-state index contributed by atoms with van der Waals surface area (Å²) in [5.74, 6) is 0.0493. The second kappa shape index (κ2) is 4.75. The smallest absolute Gasteiger partial charge is 0.253 e. The summed E-state index contributed by atoms with van der Waals surface area (Å²) in [5.41, 5.74) is 0. The summed E-state index contributed by atoms with van der Waals surface area (Å²) in [4.78, 5) is 16.6. The van der Waals surface area contributed by atoms with Gasteiger partial charge in [-0.25, -0.2) is 5.06 Å². The standard InChI is InChI=1S/C10H14BrNO2/c1-7-6-8(11)4-5-9(7)10(13)12(2)14-3/h4-7,9H,1-3H3. The van der Waals surface area contributed by atoms with Crippen molar-refractivity contribution < 1.29 is 9.63 Å². The summed E-state index contributed by atoms with van der Waals surface area (Å²) < 4.78 is 1.02. The number of hydroxylamine groups is 2. The van der Waals surface area contributed by atoms with Gasteiger partial charge in [-0.3, -0.25) is 9.63 Å². The number of allylic oxidation sites excluding steroid dienone is 3. The van der Waals surface area contributed by atoms with Crippen LogP contribution < -0.4 is 0 Å². The summed E-state index contributed by atoms with van der Waals surface area (Å²) in [6, 6.07) is 0. The number of rotatable bonds is 2. The monoisotopic (exact) mass is 259 g/mol. The molecule has 0 bridgehead atoms. The van der Waals surface area contributed by atoms with Gasteiger partial charge in [0.2, 0.25) is 0 Å². The average molecular weight is 260 g/mol. The molecular weight excluding hydrogens is 246 g/mol. The molecule has 0 N–H and O–H groups in total. The van der Waals surface area contributed by atoms with Crippen molar-refractivity contribution in [1.29, 1.82) is 0 Å². The molecule has 2 atom stereocenters. The molecular formula is C10H14BrNO2. The molecule has 0 fully saturated rings. The lowest BCUT2D eigenvalue weighted by Crippen LogP contribution is -2.34. The van der Waals surface area contributed by atoms with Crippen LogP contribution in [-0.4, -0.2) is 25.1 Å². The molecule has 0 spiro atoms. The van der Waals surface area contributed by atoms with Crippen molar-refractivity contribution in [2.24, 2.45) is 11.8 Å². The van der Waals surface area contributed by atoms with Crippen LogP contribution in [0.2, 0.25) is 0 Å². The molecule has 0 aromatic rings. The third-order valence-corrected chi connectivity index (χ3v) is 2.85. The van der Waals surface area contributed by atoms with Gasteiger partial charge >= 0.3 is 0 Å². The van der Waals surface area contributed by atoms with E-state index in [4.69, 9.17) is 4.84 Å². The van der Waals surface area contributed by atoms with Crippen LogP contribution in [-0.2, 0) is 9.63 Å². The zero-order chi connectivity index (χ0) is 10.7. The van der Waals surface area contributed by atoms with E-state index in [1.165, 1.54) is 12.2 Å². The van der Waals surface area contributed by atoms with Gasteiger partial charge in [-0.05, 0) is 5.92 Å². The van der Waals surface area contributed by atoms with Gasteiger partial charge in [0, 0.05) is 11.5 Å². The van der Waals surface area contributed by atoms with Gasteiger partial charge in [0.15, 0.2) is 0 Å². The summed E-state index contributed by atoms with van der Waals surface area (Å²) >= 11 is 3.38. The minimum atomic E-state index is -0.124. The minimum absolute atomic E-state index is 0.0208. The topological polar surface area (TPSA) is 29.5 Å². The number of hydrogen-bond acceptors (Lipinski definition) is 2. The highest BCUT2D eigenvalue weighted by atomic mass is 79.9. The molecule has 1 amide bonds. The highest BCUT2D eigenvalue weighted by molar-refractivity contribution is 9.11. The molecule has 0 saturated heterocycles. The Morgan fingerprint density at radius 2 is 2.29 bits per heavy atom. The second-order valence-electron chi connectivity index (χ2n) is 3.31. The summed E-state index contributed by atoms with van der Waals surface area (Å²) in [5, 5.41) is 1.26. The van der Waals surface area contributed by atoms with Crippen molar-refractivity contribution in [3.63, 3.8) is 0 Å². The fourth-order valence-electron chi connectivity index (χ4n) is 1.39. The lowest BCUT2D eigenvalue weighted by atomic mass is 9.89. The maximum atomic E-state index is 11.8. The lowest BCUT2D eigenvalue weighted by molar-refractivity contribution is -0.172. The van der Waals surface area contributed by atoms with Gasteiger partial charge in [-0.1, -0.05) is 41.1 Å². The molecule has 0 aliphatic heterocycles. The van der Waals surface area contributed by atoms with E-state index in [0.717, 1.165) is 4.48 Å². The Morgan fingerprint density at radius 1 is 1.64 bits per heavy atom. The summed E-state index contributed by atoms with van der Waals surface area (Å²) in [6.45, 7) is 2.01. The molecule has 14 heavy (non-hydrogen) atoms. The third kappa shape index (κ3) is 2.45. The first kappa shape index (κ1) is 11.5. The molecule has 0 aromatic heterocycles. The maximum absolute atomic E-state index is 11.8. The molecule has 0 radical (unpaired) electrons. The zero-order valence-electron chi connectivity index (χ0n) is 8.53. The first-order valence-electron chi connectivity index (χ1n) is 4.43. The van der Waals surface area contributed by atoms with Crippen LogP contribution in [0.25, 0.3) is 0 Å². The van der Waals surface area contributed by atoms with E-state index in [1.807, 2.05) is 25.2 Å². The largest absolute Gasteiger partial charge is 0.275 e. The SMILES string of the molecule is CON(C)C(=O)C1C=CC(Br)=CC1C. The highest BCUT2D eigenvalue weighted by Gasteiger charge is 2.26. The Morgan fingerprint density at radius 3 is 2.79 bits per heavy atom. The Bertz CT molecular complexity index is 286. The van der Waals surface area contributed by atoms with Gasteiger partial charge < -0.3 is 0 Å². The van der Waals surface area contributed by atoms with E-state index >= 15 is 0 Å².